The molecule has 3 N–H and O–H groups in total. The number of primary amides is 1. The fraction of sp³-hybridized carbons (Fsp3) is 0.294. The smallest absolute Gasteiger partial charge is 0.235 e. The van der Waals surface area contributed by atoms with E-state index < -0.39 is 11.9 Å². The average molecular weight is 313 g/mol. The molecule has 1 aromatic heterocycles. The van der Waals surface area contributed by atoms with Crippen LogP contribution in [0.5, 0.6) is 0 Å². The van der Waals surface area contributed by atoms with Gasteiger partial charge in [-0.2, -0.15) is 0 Å². The van der Waals surface area contributed by atoms with Crippen LogP contribution in [0, 0.1) is 0 Å². The number of carbonyl (C=O) groups excluding carboxylic acids is 2. The van der Waals surface area contributed by atoms with Crippen LogP contribution >= 0.6 is 0 Å². The molecule has 0 aliphatic carbocycles. The van der Waals surface area contributed by atoms with Gasteiger partial charge in [-0.15, -0.1) is 0 Å². The summed E-state index contributed by atoms with van der Waals surface area (Å²) < 4.78 is 5.18. The van der Waals surface area contributed by atoms with E-state index in [1.165, 1.54) is 0 Å². The monoisotopic (exact) mass is 313 g/mol. The zero-order chi connectivity index (χ0) is 16.2. The molecule has 0 saturated heterocycles. The fourth-order valence-electron chi connectivity index (χ4n) is 2.86. The zero-order valence-electron chi connectivity index (χ0n) is 12.7. The van der Waals surface area contributed by atoms with Crippen molar-refractivity contribution in [1.29, 1.82) is 0 Å². The molecule has 0 unspecified atom stereocenters. The summed E-state index contributed by atoms with van der Waals surface area (Å²) in [6.07, 6.45) is 2.10. The number of nitrogens with zero attached hydrogens (tertiary/aromatic N) is 1. The molecule has 2 heterocycles. The Labute approximate surface area is 134 Å². The normalized spacial score (nSPS) is 17.5. The lowest BCUT2D eigenvalue weighted by Crippen LogP contribution is -2.51. The van der Waals surface area contributed by atoms with E-state index in [1.54, 1.807) is 18.4 Å². The van der Waals surface area contributed by atoms with E-state index in [1.807, 2.05) is 29.2 Å². The van der Waals surface area contributed by atoms with Crippen molar-refractivity contribution in [3.8, 4) is 0 Å². The third-order valence-electron chi connectivity index (χ3n) is 4.06. The van der Waals surface area contributed by atoms with Gasteiger partial charge in [0.2, 0.25) is 11.8 Å². The van der Waals surface area contributed by atoms with Crippen LogP contribution in [0.1, 0.15) is 16.9 Å². The molecular weight excluding hydrogens is 294 g/mol. The van der Waals surface area contributed by atoms with Gasteiger partial charge in [0.1, 0.15) is 5.76 Å². The number of carbonyl (C=O) groups is 2. The molecule has 6 nitrogen and oxygen atoms in total. The predicted molar refractivity (Wildman–Crippen MR) is 84.1 cm³/mol. The van der Waals surface area contributed by atoms with Gasteiger partial charge in [-0.05, 0) is 29.7 Å². The number of hydrogen-bond donors (Lipinski definition) is 2. The Hall–Kier alpha value is -2.60. The molecule has 2 aromatic rings. The number of furan rings is 1. The maximum Gasteiger partial charge on any atom is 0.235 e. The van der Waals surface area contributed by atoms with Crippen LogP contribution < -0.4 is 11.1 Å². The first-order valence-corrected chi connectivity index (χ1v) is 7.52. The summed E-state index contributed by atoms with van der Waals surface area (Å²) in [4.78, 5) is 25.7. The van der Waals surface area contributed by atoms with Gasteiger partial charge in [-0.1, -0.05) is 24.3 Å². The largest absolute Gasteiger partial charge is 0.467 e. The minimum atomic E-state index is -0.459. The van der Waals surface area contributed by atoms with Crippen LogP contribution in [0.2, 0.25) is 0 Å². The lowest BCUT2D eigenvalue weighted by molar-refractivity contribution is -0.127. The quantitative estimate of drug-likeness (QED) is 0.855. The van der Waals surface area contributed by atoms with E-state index in [9.17, 15) is 9.59 Å². The highest BCUT2D eigenvalue weighted by Crippen LogP contribution is 2.22. The van der Waals surface area contributed by atoms with Crippen molar-refractivity contribution in [3.05, 3.63) is 59.5 Å². The van der Waals surface area contributed by atoms with Gasteiger partial charge in [-0.25, -0.2) is 0 Å². The van der Waals surface area contributed by atoms with Gasteiger partial charge in [0.15, 0.2) is 0 Å². The first-order valence-electron chi connectivity index (χ1n) is 7.52. The summed E-state index contributed by atoms with van der Waals surface area (Å²) in [7, 11) is 0. The Bertz CT molecular complexity index is 697. The second kappa shape index (κ2) is 6.66. The second-order valence-corrected chi connectivity index (χ2v) is 5.65. The number of rotatable bonds is 5. The lowest BCUT2D eigenvalue weighted by Gasteiger charge is -2.34. The van der Waals surface area contributed by atoms with Crippen molar-refractivity contribution < 1.29 is 14.0 Å². The van der Waals surface area contributed by atoms with Gasteiger partial charge in [0.05, 0.1) is 25.4 Å². The summed E-state index contributed by atoms with van der Waals surface area (Å²) >= 11 is 0. The highest BCUT2D eigenvalue weighted by molar-refractivity contribution is 5.83. The molecule has 0 spiro atoms. The SMILES string of the molecule is NC(=O)[C@@H]1Cc2ccccc2CN1CC(=O)NCc1ccco1. The number of fused-ring (bicyclic) bond motifs is 1. The number of nitrogens with two attached hydrogens (primary N) is 1. The van der Waals surface area contributed by atoms with Crippen molar-refractivity contribution in [3.63, 3.8) is 0 Å². The molecule has 120 valence electrons. The van der Waals surface area contributed by atoms with Gasteiger partial charge in [-0.3, -0.25) is 14.5 Å². The van der Waals surface area contributed by atoms with Crippen LogP contribution in [0.3, 0.4) is 0 Å². The van der Waals surface area contributed by atoms with E-state index in [4.69, 9.17) is 10.2 Å². The predicted octanol–water partition coefficient (Wildman–Crippen LogP) is 0.808. The molecule has 0 fully saturated rings. The Morgan fingerprint density at radius 1 is 1.22 bits per heavy atom. The number of benzene rings is 1. The molecule has 0 bridgehead atoms. The molecule has 6 heteroatoms. The van der Waals surface area contributed by atoms with E-state index in [2.05, 4.69) is 5.32 Å². The number of hydrogen-bond acceptors (Lipinski definition) is 4. The third kappa shape index (κ3) is 3.60. The Morgan fingerprint density at radius 3 is 2.70 bits per heavy atom. The van der Waals surface area contributed by atoms with Crippen LogP contribution in [0.15, 0.2) is 47.1 Å². The van der Waals surface area contributed by atoms with E-state index in [-0.39, 0.29) is 12.5 Å². The van der Waals surface area contributed by atoms with E-state index >= 15 is 0 Å². The summed E-state index contributed by atoms with van der Waals surface area (Å²) in [6.45, 7) is 0.998. The van der Waals surface area contributed by atoms with Crippen LogP contribution in [0.25, 0.3) is 0 Å². The number of nitrogens with one attached hydrogen (secondary N) is 1. The molecule has 2 amide bonds. The zero-order valence-corrected chi connectivity index (χ0v) is 12.7. The topological polar surface area (TPSA) is 88.6 Å². The minimum absolute atomic E-state index is 0.128. The van der Waals surface area contributed by atoms with E-state index in [0.29, 0.717) is 25.3 Å². The molecule has 0 saturated carbocycles. The summed E-state index contributed by atoms with van der Waals surface area (Å²) in [5.74, 6) is 0.124. The second-order valence-electron chi connectivity index (χ2n) is 5.65. The fourth-order valence-corrected chi connectivity index (χ4v) is 2.86. The summed E-state index contributed by atoms with van der Waals surface area (Å²) in [6, 6.07) is 11.0. The van der Waals surface area contributed by atoms with Gasteiger partial charge < -0.3 is 15.5 Å². The minimum Gasteiger partial charge on any atom is -0.467 e. The molecule has 1 aliphatic rings. The van der Waals surface area contributed by atoms with Gasteiger partial charge in [0, 0.05) is 6.54 Å². The Kier molecular flexibility index (Phi) is 4.43. The van der Waals surface area contributed by atoms with Gasteiger partial charge in [0.25, 0.3) is 0 Å². The van der Waals surface area contributed by atoms with Crippen molar-refractivity contribution >= 4 is 11.8 Å². The molecule has 1 atom stereocenters. The highest BCUT2D eigenvalue weighted by Gasteiger charge is 2.31. The Morgan fingerprint density at radius 2 is 2.00 bits per heavy atom. The van der Waals surface area contributed by atoms with Crippen LogP contribution in [-0.2, 0) is 29.1 Å². The first kappa shape index (κ1) is 15.3. The molecule has 1 aliphatic heterocycles. The molecule has 1 aromatic carbocycles. The van der Waals surface area contributed by atoms with Gasteiger partial charge >= 0.3 is 0 Å². The molecule has 23 heavy (non-hydrogen) atoms. The Balaban J connectivity index is 1.65. The average Bonchev–Trinajstić information content (AvgIpc) is 3.05. The summed E-state index contributed by atoms with van der Waals surface area (Å²) in [5, 5.41) is 2.79. The third-order valence-corrected chi connectivity index (χ3v) is 4.06. The summed E-state index contributed by atoms with van der Waals surface area (Å²) in [5.41, 5.74) is 7.76. The van der Waals surface area contributed by atoms with E-state index in [0.717, 1.165) is 11.1 Å². The standard InChI is InChI=1S/C17H19N3O3/c18-17(22)15-8-12-4-1-2-5-13(12)10-20(15)11-16(21)19-9-14-6-3-7-23-14/h1-7,15H,8-11H2,(H2,18,22)(H,19,21)/t15-/m0/s1. The molecular formula is C17H19N3O3. The van der Waals surface area contributed by atoms with Crippen LogP contribution in [0.4, 0.5) is 0 Å². The van der Waals surface area contributed by atoms with Crippen molar-refractivity contribution in [2.45, 2.75) is 25.6 Å². The molecule has 0 radical (unpaired) electrons. The maximum absolute atomic E-state index is 12.1. The number of amides is 2. The highest BCUT2D eigenvalue weighted by atomic mass is 16.3. The van der Waals surface area contributed by atoms with Crippen LogP contribution in [-0.4, -0.2) is 29.3 Å². The molecule has 3 rings (SSSR count). The van der Waals surface area contributed by atoms with Crippen molar-refractivity contribution in [2.24, 2.45) is 5.73 Å². The van der Waals surface area contributed by atoms with Crippen molar-refractivity contribution in [1.82, 2.24) is 10.2 Å². The first-order chi connectivity index (χ1) is 11.1. The lowest BCUT2D eigenvalue weighted by atomic mass is 9.93. The maximum atomic E-state index is 12.1. The van der Waals surface area contributed by atoms with Crippen molar-refractivity contribution in [2.75, 3.05) is 6.54 Å².